The molecule has 1 atom stereocenters. The highest BCUT2D eigenvalue weighted by atomic mass is 16.3. The molecule has 1 heterocycles. The first-order chi connectivity index (χ1) is 11.2. The number of amides is 1. The molecule has 1 aromatic heterocycles. The summed E-state index contributed by atoms with van der Waals surface area (Å²) in [5.41, 5.74) is 1.65. The molecule has 116 valence electrons. The van der Waals surface area contributed by atoms with Gasteiger partial charge in [0.15, 0.2) is 0 Å². The van der Waals surface area contributed by atoms with Crippen LogP contribution in [0.5, 0.6) is 0 Å². The van der Waals surface area contributed by atoms with Gasteiger partial charge >= 0.3 is 0 Å². The molecule has 0 aliphatic heterocycles. The fourth-order valence-corrected chi connectivity index (χ4v) is 2.50. The number of benzene rings is 2. The number of hydrogen-bond acceptors (Lipinski definition) is 3. The summed E-state index contributed by atoms with van der Waals surface area (Å²) in [7, 11) is 0. The Morgan fingerprint density at radius 3 is 2.70 bits per heavy atom. The Kier molecular flexibility index (Phi) is 4.64. The molecule has 2 N–H and O–H groups in total. The summed E-state index contributed by atoms with van der Waals surface area (Å²) in [5.74, 6) is -0.108. The lowest BCUT2D eigenvalue weighted by molar-refractivity contribution is -0.120. The standard InChI is InChI=1S/C19H18N2O2/c22-18(17-6-3-9-20-12-17)13-21-19(23)11-14-7-8-15-4-1-2-5-16(15)10-14/h1-10,12,18,22H,11,13H2,(H,21,23). The lowest BCUT2D eigenvalue weighted by Crippen LogP contribution is -2.29. The number of carbonyl (C=O) groups is 1. The van der Waals surface area contributed by atoms with E-state index in [2.05, 4.69) is 10.3 Å². The fourth-order valence-electron chi connectivity index (χ4n) is 2.50. The van der Waals surface area contributed by atoms with Gasteiger partial charge in [0, 0.05) is 24.5 Å². The van der Waals surface area contributed by atoms with Crippen molar-refractivity contribution in [3.8, 4) is 0 Å². The summed E-state index contributed by atoms with van der Waals surface area (Å²) in [4.78, 5) is 16.0. The maximum absolute atomic E-state index is 12.0. The van der Waals surface area contributed by atoms with Crippen molar-refractivity contribution in [1.82, 2.24) is 10.3 Å². The molecule has 0 fully saturated rings. The number of hydrogen-bond donors (Lipinski definition) is 2. The zero-order valence-electron chi connectivity index (χ0n) is 12.6. The predicted molar refractivity (Wildman–Crippen MR) is 89.9 cm³/mol. The lowest BCUT2D eigenvalue weighted by atomic mass is 10.0. The molecule has 4 nitrogen and oxygen atoms in total. The van der Waals surface area contributed by atoms with Gasteiger partial charge < -0.3 is 10.4 Å². The Morgan fingerprint density at radius 1 is 1.09 bits per heavy atom. The molecule has 0 spiro atoms. The van der Waals surface area contributed by atoms with Gasteiger partial charge in [-0.2, -0.15) is 0 Å². The average Bonchev–Trinajstić information content (AvgIpc) is 2.60. The first-order valence-electron chi connectivity index (χ1n) is 7.55. The van der Waals surface area contributed by atoms with Crippen molar-refractivity contribution >= 4 is 16.7 Å². The molecule has 3 aromatic rings. The van der Waals surface area contributed by atoms with Crippen LogP contribution in [0.3, 0.4) is 0 Å². The summed E-state index contributed by atoms with van der Waals surface area (Å²) >= 11 is 0. The Bertz CT molecular complexity index is 803. The van der Waals surface area contributed by atoms with Gasteiger partial charge in [-0.25, -0.2) is 0 Å². The van der Waals surface area contributed by atoms with E-state index in [0.29, 0.717) is 12.0 Å². The fraction of sp³-hybridized carbons (Fsp3) is 0.158. The third-order valence-corrected chi connectivity index (χ3v) is 3.74. The third-order valence-electron chi connectivity index (χ3n) is 3.74. The third kappa shape index (κ3) is 3.93. The van der Waals surface area contributed by atoms with E-state index in [4.69, 9.17) is 0 Å². The van der Waals surface area contributed by atoms with Crippen molar-refractivity contribution < 1.29 is 9.90 Å². The maximum Gasteiger partial charge on any atom is 0.224 e. The summed E-state index contributed by atoms with van der Waals surface area (Å²) < 4.78 is 0. The Morgan fingerprint density at radius 2 is 1.91 bits per heavy atom. The molecular formula is C19H18N2O2. The van der Waals surface area contributed by atoms with Crippen LogP contribution in [0.1, 0.15) is 17.2 Å². The second-order valence-corrected chi connectivity index (χ2v) is 5.46. The highest BCUT2D eigenvalue weighted by Gasteiger charge is 2.10. The van der Waals surface area contributed by atoms with Crippen LogP contribution in [0.15, 0.2) is 67.0 Å². The molecule has 3 rings (SSSR count). The van der Waals surface area contributed by atoms with Crippen molar-refractivity contribution in [2.45, 2.75) is 12.5 Å². The summed E-state index contributed by atoms with van der Waals surface area (Å²) in [6.45, 7) is 0.179. The van der Waals surface area contributed by atoms with Gasteiger partial charge in [-0.1, -0.05) is 48.5 Å². The van der Waals surface area contributed by atoms with Gasteiger partial charge in [-0.05, 0) is 22.4 Å². The van der Waals surface area contributed by atoms with Crippen molar-refractivity contribution in [2.24, 2.45) is 0 Å². The van der Waals surface area contributed by atoms with Crippen molar-refractivity contribution in [3.05, 3.63) is 78.1 Å². The number of fused-ring (bicyclic) bond motifs is 1. The van der Waals surface area contributed by atoms with E-state index in [-0.39, 0.29) is 12.5 Å². The SMILES string of the molecule is O=C(Cc1ccc2ccccc2c1)NCC(O)c1cccnc1. The quantitative estimate of drug-likeness (QED) is 0.761. The Balaban J connectivity index is 1.58. The highest BCUT2D eigenvalue weighted by Crippen LogP contribution is 2.16. The summed E-state index contributed by atoms with van der Waals surface area (Å²) in [6.07, 6.45) is 2.79. The highest BCUT2D eigenvalue weighted by molar-refractivity contribution is 5.85. The van der Waals surface area contributed by atoms with E-state index in [0.717, 1.165) is 16.3 Å². The van der Waals surface area contributed by atoms with Gasteiger partial charge in [-0.3, -0.25) is 9.78 Å². The molecule has 1 unspecified atom stereocenters. The van der Waals surface area contributed by atoms with Crippen molar-refractivity contribution in [3.63, 3.8) is 0 Å². The van der Waals surface area contributed by atoms with Crippen LogP contribution in [0.4, 0.5) is 0 Å². The summed E-state index contributed by atoms with van der Waals surface area (Å²) in [5, 5.41) is 15.1. The lowest BCUT2D eigenvalue weighted by Gasteiger charge is -2.12. The number of rotatable bonds is 5. The van der Waals surface area contributed by atoms with E-state index in [9.17, 15) is 9.90 Å². The van der Waals surface area contributed by atoms with E-state index < -0.39 is 6.10 Å². The molecule has 23 heavy (non-hydrogen) atoms. The molecular weight excluding hydrogens is 288 g/mol. The number of aliphatic hydroxyl groups is 1. The minimum absolute atomic E-state index is 0.108. The molecule has 0 bridgehead atoms. The van der Waals surface area contributed by atoms with Gasteiger partial charge in [0.25, 0.3) is 0 Å². The molecule has 4 heteroatoms. The molecule has 1 amide bonds. The Hall–Kier alpha value is -2.72. The maximum atomic E-state index is 12.0. The van der Waals surface area contributed by atoms with Crippen molar-refractivity contribution in [2.75, 3.05) is 6.54 Å². The number of aromatic nitrogens is 1. The zero-order valence-corrected chi connectivity index (χ0v) is 12.6. The predicted octanol–water partition coefficient (Wildman–Crippen LogP) is 2.63. The first-order valence-corrected chi connectivity index (χ1v) is 7.55. The van der Waals surface area contributed by atoms with Crippen LogP contribution in [0.2, 0.25) is 0 Å². The van der Waals surface area contributed by atoms with Crippen LogP contribution in [0.25, 0.3) is 10.8 Å². The second-order valence-electron chi connectivity index (χ2n) is 5.46. The van der Waals surface area contributed by atoms with E-state index in [1.807, 2.05) is 42.5 Å². The van der Waals surface area contributed by atoms with Gasteiger partial charge in [0.1, 0.15) is 0 Å². The molecule has 0 saturated carbocycles. The van der Waals surface area contributed by atoms with E-state index in [1.165, 1.54) is 0 Å². The number of nitrogens with one attached hydrogen (secondary N) is 1. The molecule has 2 aromatic carbocycles. The largest absolute Gasteiger partial charge is 0.387 e. The van der Waals surface area contributed by atoms with Crippen LogP contribution in [-0.4, -0.2) is 22.5 Å². The topological polar surface area (TPSA) is 62.2 Å². The van der Waals surface area contributed by atoms with Gasteiger partial charge in [0.05, 0.1) is 12.5 Å². The van der Waals surface area contributed by atoms with Crippen LogP contribution in [0, 0.1) is 0 Å². The minimum Gasteiger partial charge on any atom is -0.387 e. The normalized spacial score (nSPS) is 12.0. The molecule has 0 radical (unpaired) electrons. The van der Waals surface area contributed by atoms with Crippen LogP contribution < -0.4 is 5.32 Å². The smallest absolute Gasteiger partial charge is 0.224 e. The van der Waals surface area contributed by atoms with E-state index in [1.54, 1.807) is 24.5 Å². The summed E-state index contributed by atoms with van der Waals surface area (Å²) in [6, 6.07) is 17.6. The first kappa shape index (κ1) is 15.2. The van der Waals surface area contributed by atoms with E-state index >= 15 is 0 Å². The van der Waals surface area contributed by atoms with Crippen molar-refractivity contribution in [1.29, 1.82) is 0 Å². The van der Waals surface area contributed by atoms with Crippen LogP contribution >= 0.6 is 0 Å². The van der Waals surface area contributed by atoms with Gasteiger partial charge in [0.2, 0.25) is 5.91 Å². The second kappa shape index (κ2) is 7.03. The average molecular weight is 306 g/mol. The van der Waals surface area contributed by atoms with Gasteiger partial charge in [-0.15, -0.1) is 0 Å². The molecule has 0 aliphatic carbocycles. The number of aliphatic hydroxyl groups excluding tert-OH is 1. The molecule has 0 aliphatic rings. The zero-order chi connectivity index (χ0) is 16.1. The Labute approximate surface area is 134 Å². The monoisotopic (exact) mass is 306 g/mol. The number of nitrogens with zero attached hydrogens (tertiary/aromatic N) is 1. The van der Waals surface area contributed by atoms with Crippen LogP contribution in [-0.2, 0) is 11.2 Å². The molecule has 0 saturated heterocycles. The number of carbonyl (C=O) groups excluding carboxylic acids is 1. The minimum atomic E-state index is -0.746. The number of pyridine rings is 1.